The van der Waals surface area contributed by atoms with Gasteiger partial charge < -0.3 is 14.7 Å². The number of ether oxygens (including phenoxy) is 1. The van der Waals surface area contributed by atoms with Crippen LogP contribution in [0, 0.1) is 12.8 Å². The van der Waals surface area contributed by atoms with E-state index in [2.05, 4.69) is 9.88 Å². The molecule has 0 amide bonds. The van der Waals surface area contributed by atoms with E-state index in [0.29, 0.717) is 5.92 Å². The normalized spacial score (nSPS) is 19.9. The number of nitrogens with zero attached hydrogens (tertiary/aromatic N) is 2. The summed E-state index contributed by atoms with van der Waals surface area (Å²) in [5, 5.41) is 9.12. The molecule has 0 spiro atoms. The second-order valence-corrected chi connectivity index (χ2v) is 4.63. The van der Waals surface area contributed by atoms with Crippen molar-refractivity contribution in [2.45, 2.75) is 20.0 Å². The lowest BCUT2D eigenvalue weighted by atomic mass is 10.1. The van der Waals surface area contributed by atoms with Gasteiger partial charge in [-0.15, -0.1) is 0 Å². The van der Waals surface area contributed by atoms with Crippen molar-refractivity contribution in [2.24, 2.45) is 5.92 Å². The molecule has 4 nitrogen and oxygen atoms in total. The van der Waals surface area contributed by atoms with Gasteiger partial charge in [0.15, 0.2) is 0 Å². The molecule has 0 aromatic carbocycles. The highest BCUT2D eigenvalue weighted by atomic mass is 16.5. The minimum atomic E-state index is 0.0609. The van der Waals surface area contributed by atoms with Crippen LogP contribution >= 0.6 is 0 Å². The first-order chi connectivity index (χ1) is 8.24. The molecule has 1 atom stereocenters. The number of aromatic nitrogens is 1. The van der Waals surface area contributed by atoms with Crippen molar-refractivity contribution in [3.05, 3.63) is 23.4 Å². The summed E-state index contributed by atoms with van der Waals surface area (Å²) < 4.78 is 5.19. The topological polar surface area (TPSA) is 45.6 Å². The first-order valence-electron chi connectivity index (χ1n) is 6.06. The van der Waals surface area contributed by atoms with Gasteiger partial charge in [0.05, 0.1) is 13.2 Å². The minimum Gasteiger partial charge on any atom is -0.392 e. The molecule has 0 bridgehead atoms. The Kier molecular flexibility index (Phi) is 3.97. The predicted octanol–water partition coefficient (Wildman–Crippen LogP) is 1.36. The molecule has 17 heavy (non-hydrogen) atoms. The molecule has 1 aliphatic rings. The van der Waals surface area contributed by atoms with Crippen LogP contribution in [0.5, 0.6) is 0 Å². The van der Waals surface area contributed by atoms with Crippen molar-refractivity contribution in [1.82, 2.24) is 4.98 Å². The third-order valence-electron chi connectivity index (χ3n) is 3.36. The maximum Gasteiger partial charge on any atom is 0.128 e. The Morgan fingerprint density at radius 2 is 2.35 bits per heavy atom. The Morgan fingerprint density at radius 1 is 1.53 bits per heavy atom. The molecular weight excluding hydrogens is 216 g/mol. The van der Waals surface area contributed by atoms with Crippen LogP contribution < -0.4 is 4.90 Å². The van der Waals surface area contributed by atoms with Gasteiger partial charge in [-0.05, 0) is 25.0 Å². The van der Waals surface area contributed by atoms with Crippen LogP contribution in [0.2, 0.25) is 0 Å². The third kappa shape index (κ3) is 2.76. The fourth-order valence-corrected chi connectivity index (χ4v) is 2.33. The van der Waals surface area contributed by atoms with Crippen LogP contribution in [0.1, 0.15) is 17.7 Å². The van der Waals surface area contributed by atoms with Gasteiger partial charge in [-0.1, -0.05) is 6.07 Å². The number of hydrogen-bond donors (Lipinski definition) is 1. The number of hydrogen-bond acceptors (Lipinski definition) is 4. The summed E-state index contributed by atoms with van der Waals surface area (Å²) in [6.45, 7) is 4.88. The molecule has 1 aromatic heterocycles. The highest BCUT2D eigenvalue weighted by Crippen LogP contribution is 2.23. The van der Waals surface area contributed by atoms with E-state index >= 15 is 0 Å². The van der Waals surface area contributed by atoms with Gasteiger partial charge in [0, 0.05) is 31.8 Å². The summed E-state index contributed by atoms with van der Waals surface area (Å²) in [7, 11) is 1.75. The molecule has 1 unspecified atom stereocenters. The van der Waals surface area contributed by atoms with E-state index in [4.69, 9.17) is 9.84 Å². The lowest BCUT2D eigenvalue weighted by molar-refractivity contribution is 0.161. The molecule has 4 heteroatoms. The molecule has 1 aliphatic heterocycles. The number of aliphatic hydroxyl groups excluding tert-OH is 1. The molecular formula is C13H20N2O2. The summed E-state index contributed by atoms with van der Waals surface area (Å²) in [4.78, 5) is 6.84. The summed E-state index contributed by atoms with van der Waals surface area (Å²) in [6, 6.07) is 3.95. The van der Waals surface area contributed by atoms with Gasteiger partial charge in [-0.25, -0.2) is 4.98 Å². The van der Waals surface area contributed by atoms with Crippen LogP contribution in [0.25, 0.3) is 0 Å². The highest BCUT2D eigenvalue weighted by Gasteiger charge is 2.23. The zero-order valence-electron chi connectivity index (χ0n) is 10.5. The monoisotopic (exact) mass is 236 g/mol. The maximum atomic E-state index is 9.12. The molecule has 0 saturated carbocycles. The Morgan fingerprint density at radius 3 is 3.00 bits per heavy atom. The molecule has 94 valence electrons. The lowest BCUT2D eigenvalue weighted by Crippen LogP contribution is -2.22. The second-order valence-electron chi connectivity index (χ2n) is 4.63. The zero-order valence-corrected chi connectivity index (χ0v) is 10.5. The van der Waals surface area contributed by atoms with E-state index < -0.39 is 0 Å². The predicted molar refractivity (Wildman–Crippen MR) is 67.1 cm³/mol. The zero-order chi connectivity index (χ0) is 12.3. The Balaban J connectivity index is 2.06. The second kappa shape index (κ2) is 5.47. The number of methoxy groups -OCH3 is 1. The van der Waals surface area contributed by atoms with Crippen LogP contribution in [0.4, 0.5) is 5.82 Å². The van der Waals surface area contributed by atoms with E-state index in [1.54, 1.807) is 7.11 Å². The Hall–Kier alpha value is -1.13. The summed E-state index contributed by atoms with van der Waals surface area (Å²) in [5.41, 5.74) is 1.82. The number of anilines is 1. The molecule has 2 rings (SSSR count). The van der Waals surface area contributed by atoms with Crippen molar-refractivity contribution in [3.63, 3.8) is 0 Å². The number of pyridine rings is 1. The summed E-state index contributed by atoms with van der Waals surface area (Å²) in [5.74, 6) is 1.62. The van der Waals surface area contributed by atoms with Crippen molar-refractivity contribution >= 4 is 5.82 Å². The Bertz CT molecular complexity index is 382. The van der Waals surface area contributed by atoms with Crippen LogP contribution in [0.3, 0.4) is 0 Å². The fraction of sp³-hybridized carbons (Fsp3) is 0.615. The van der Waals surface area contributed by atoms with E-state index in [0.717, 1.165) is 43.2 Å². The van der Waals surface area contributed by atoms with Gasteiger partial charge in [0.1, 0.15) is 5.82 Å². The highest BCUT2D eigenvalue weighted by molar-refractivity contribution is 5.42. The summed E-state index contributed by atoms with van der Waals surface area (Å²) in [6.07, 6.45) is 1.16. The van der Waals surface area contributed by atoms with E-state index in [-0.39, 0.29) is 6.61 Å². The largest absolute Gasteiger partial charge is 0.392 e. The molecule has 0 aliphatic carbocycles. The number of aliphatic hydroxyl groups is 1. The SMILES string of the molecule is COCC1CCN(c2ccc(CO)c(C)n2)C1. The van der Waals surface area contributed by atoms with Gasteiger partial charge in [0.25, 0.3) is 0 Å². The van der Waals surface area contributed by atoms with Crippen molar-refractivity contribution in [2.75, 3.05) is 31.7 Å². The van der Waals surface area contributed by atoms with Crippen LogP contribution in [-0.2, 0) is 11.3 Å². The van der Waals surface area contributed by atoms with Crippen LogP contribution in [0.15, 0.2) is 12.1 Å². The molecule has 0 radical (unpaired) electrons. The summed E-state index contributed by atoms with van der Waals surface area (Å²) >= 11 is 0. The van der Waals surface area contributed by atoms with Gasteiger partial charge >= 0.3 is 0 Å². The number of aryl methyl sites for hydroxylation is 1. The number of rotatable bonds is 4. The minimum absolute atomic E-state index is 0.0609. The van der Waals surface area contributed by atoms with Crippen molar-refractivity contribution in [3.8, 4) is 0 Å². The third-order valence-corrected chi connectivity index (χ3v) is 3.36. The van der Waals surface area contributed by atoms with Gasteiger partial charge in [-0.2, -0.15) is 0 Å². The van der Waals surface area contributed by atoms with Gasteiger partial charge in [0.2, 0.25) is 0 Å². The van der Waals surface area contributed by atoms with E-state index in [1.807, 2.05) is 19.1 Å². The van der Waals surface area contributed by atoms with Crippen molar-refractivity contribution < 1.29 is 9.84 Å². The molecule has 1 saturated heterocycles. The molecule has 1 fully saturated rings. The average molecular weight is 236 g/mol. The molecule has 2 heterocycles. The smallest absolute Gasteiger partial charge is 0.128 e. The maximum absolute atomic E-state index is 9.12. The first kappa shape index (κ1) is 12.3. The van der Waals surface area contributed by atoms with Gasteiger partial charge in [-0.3, -0.25) is 0 Å². The first-order valence-corrected chi connectivity index (χ1v) is 6.06. The lowest BCUT2D eigenvalue weighted by Gasteiger charge is -2.18. The van der Waals surface area contributed by atoms with E-state index in [9.17, 15) is 0 Å². The standard InChI is InChI=1S/C13H20N2O2/c1-10-12(8-16)3-4-13(14-10)15-6-5-11(7-15)9-17-2/h3-4,11,16H,5-9H2,1-2H3. The molecule has 1 aromatic rings. The van der Waals surface area contributed by atoms with Crippen LogP contribution in [-0.4, -0.2) is 36.9 Å². The molecule has 1 N–H and O–H groups in total. The quantitative estimate of drug-likeness (QED) is 0.857. The van der Waals surface area contributed by atoms with Crippen molar-refractivity contribution in [1.29, 1.82) is 0 Å². The Labute approximate surface area is 102 Å². The van der Waals surface area contributed by atoms with E-state index in [1.165, 1.54) is 0 Å². The average Bonchev–Trinajstić information content (AvgIpc) is 2.78. The fourth-order valence-electron chi connectivity index (χ4n) is 2.33.